The van der Waals surface area contributed by atoms with Crippen LogP contribution in [0.5, 0.6) is 0 Å². The lowest BCUT2D eigenvalue weighted by Crippen LogP contribution is -2.46. The molecule has 1 aliphatic rings. The van der Waals surface area contributed by atoms with Crippen molar-refractivity contribution in [3.63, 3.8) is 0 Å². The molecule has 4 rings (SSSR count). The number of amides is 2. The second-order valence-corrected chi connectivity index (χ2v) is 10.1. The summed E-state index contributed by atoms with van der Waals surface area (Å²) in [5, 5.41) is 6.65. The van der Waals surface area contributed by atoms with Gasteiger partial charge in [0.15, 0.2) is 0 Å². The van der Waals surface area contributed by atoms with Crippen molar-refractivity contribution in [3.8, 4) is 0 Å². The fourth-order valence-electron chi connectivity index (χ4n) is 4.13. The number of benzene rings is 2. The van der Waals surface area contributed by atoms with E-state index in [1.54, 1.807) is 0 Å². The molecule has 8 nitrogen and oxygen atoms in total. The first-order valence-electron chi connectivity index (χ1n) is 11.2. The van der Waals surface area contributed by atoms with Gasteiger partial charge in [-0.15, -0.1) is 0 Å². The molecule has 3 aromatic rings. The molecule has 0 unspecified atom stereocenters. The summed E-state index contributed by atoms with van der Waals surface area (Å²) < 4.78 is 41.4. The molecule has 0 saturated carbocycles. The minimum Gasteiger partial charge on any atom is -0.337 e. The number of carbonyl (C=O) groups is 1. The van der Waals surface area contributed by atoms with E-state index in [0.29, 0.717) is 44.7 Å². The highest BCUT2D eigenvalue weighted by Gasteiger charge is 2.26. The second-order valence-electron chi connectivity index (χ2n) is 8.38. The van der Waals surface area contributed by atoms with Crippen LogP contribution in [-0.4, -0.2) is 56.6 Å². The number of nitrogens with zero attached hydrogens (tertiary/aromatic N) is 2. The monoisotopic (exact) mass is 485 g/mol. The Bertz CT molecular complexity index is 1280. The number of halogens is 1. The molecule has 0 atom stereocenters. The maximum atomic E-state index is 13.9. The van der Waals surface area contributed by atoms with E-state index in [1.807, 2.05) is 37.3 Å². The fourth-order valence-corrected chi connectivity index (χ4v) is 5.51. The van der Waals surface area contributed by atoms with Gasteiger partial charge < -0.3 is 15.5 Å². The van der Waals surface area contributed by atoms with E-state index in [-0.39, 0.29) is 17.0 Å². The van der Waals surface area contributed by atoms with Gasteiger partial charge in [0, 0.05) is 30.2 Å². The molecule has 1 fully saturated rings. The highest BCUT2D eigenvalue weighted by Crippen LogP contribution is 2.23. The van der Waals surface area contributed by atoms with Gasteiger partial charge in [-0.2, -0.15) is 0 Å². The predicted octanol–water partition coefficient (Wildman–Crippen LogP) is 3.25. The molecule has 10 heteroatoms. The van der Waals surface area contributed by atoms with Gasteiger partial charge in [-0.25, -0.2) is 22.3 Å². The van der Waals surface area contributed by atoms with Crippen molar-refractivity contribution in [2.75, 3.05) is 31.5 Å². The first-order chi connectivity index (χ1) is 16.3. The first kappa shape index (κ1) is 24.1. The molecule has 1 aromatic heterocycles. The minimum absolute atomic E-state index is 0.250. The number of urea groups is 1. The van der Waals surface area contributed by atoms with E-state index in [4.69, 9.17) is 0 Å². The SMILES string of the molecule is Cc1cc(NC(=O)NCCN2CCC(NS(=O)(=O)c3ccccc3F)CC2)c2ccccc2n1. The molecule has 0 radical (unpaired) electrons. The van der Waals surface area contributed by atoms with Crippen LogP contribution in [0, 0.1) is 12.7 Å². The lowest BCUT2D eigenvalue weighted by Gasteiger charge is -2.32. The summed E-state index contributed by atoms with van der Waals surface area (Å²) in [5.41, 5.74) is 2.36. The Morgan fingerprint density at radius 2 is 1.82 bits per heavy atom. The maximum absolute atomic E-state index is 13.9. The van der Waals surface area contributed by atoms with E-state index in [1.165, 1.54) is 18.2 Å². The zero-order valence-electron chi connectivity index (χ0n) is 18.9. The molecule has 180 valence electrons. The van der Waals surface area contributed by atoms with Crippen molar-refractivity contribution in [2.45, 2.75) is 30.7 Å². The van der Waals surface area contributed by atoms with Gasteiger partial charge in [0.2, 0.25) is 10.0 Å². The molecular formula is C24H28FN5O3S. The predicted molar refractivity (Wildman–Crippen MR) is 130 cm³/mol. The first-order valence-corrected chi connectivity index (χ1v) is 12.7. The van der Waals surface area contributed by atoms with E-state index >= 15 is 0 Å². The average Bonchev–Trinajstić information content (AvgIpc) is 2.80. The lowest BCUT2D eigenvalue weighted by atomic mass is 10.1. The molecular weight excluding hydrogens is 457 g/mol. The summed E-state index contributed by atoms with van der Waals surface area (Å²) in [6.45, 7) is 4.36. The molecule has 2 aromatic carbocycles. The topological polar surface area (TPSA) is 103 Å². The van der Waals surface area contributed by atoms with Gasteiger partial charge in [-0.3, -0.25) is 4.98 Å². The van der Waals surface area contributed by atoms with Crippen molar-refractivity contribution in [2.24, 2.45) is 0 Å². The Morgan fingerprint density at radius 1 is 1.12 bits per heavy atom. The Hall–Kier alpha value is -3.08. The number of sulfonamides is 1. The average molecular weight is 486 g/mol. The van der Waals surface area contributed by atoms with Gasteiger partial charge in [0.05, 0.1) is 11.2 Å². The van der Waals surface area contributed by atoms with Crippen molar-refractivity contribution in [1.29, 1.82) is 0 Å². The number of nitrogens with one attached hydrogen (secondary N) is 3. The van der Waals surface area contributed by atoms with E-state index in [2.05, 4.69) is 25.2 Å². The van der Waals surface area contributed by atoms with Crippen LogP contribution in [0.3, 0.4) is 0 Å². The maximum Gasteiger partial charge on any atom is 0.319 e. The standard InChI is InChI=1S/C24H28FN5O3S/c1-17-16-22(19-6-2-4-8-21(19)27-17)28-24(31)26-12-15-30-13-10-18(11-14-30)29-34(32,33)23-9-5-3-7-20(23)25/h2-9,16,18,29H,10-15H2,1H3,(H2,26,27,28,31). The summed E-state index contributed by atoms with van der Waals surface area (Å²) in [5.74, 6) is -0.758. The Labute approximate surface area is 198 Å². The van der Waals surface area contributed by atoms with Crippen LogP contribution in [-0.2, 0) is 10.0 Å². The highest BCUT2D eigenvalue weighted by molar-refractivity contribution is 7.89. The number of fused-ring (bicyclic) bond motifs is 1. The van der Waals surface area contributed by atoms with Crippen LogP contribution < -0.4 is 15.4 Å². The third-order valence-corrected chi connectivity index (χ3v) is 7.40. The van der Waals surface area contributed by atoms with Crippen LogP contribution >= 0.6 is 0 Å². The summed E-state index contributed by atoms with van der Waals surface area (Å²) in [6.07, 6.45) is 1.23. The van der Waals surface area contributed by atoms with Crippen molar-refractivity contribution < 1.29 is 17.6 Å². The van der Waals surface area contributed by atoms with Crippen LogP contribution in [0.2, 0.25) is 0 Å². The highest BCUT2D eigenvalue weighted by atomic mass is 32.2. The third-order valence-electron chi connectivity index (χ3n) is 5.84. The van der Waals surface area contributed by atoms with Crippen LogP contribution in [0.15, 0.2) is 59.5 Å². The van der Waals surface area contributed by atoms with Gasteiger partial charge in [-0.05, 0) is 57.1 Å². The quantitative estimate of drug-likeness (QED) is 0.477. The van der Waals surface area contributed by atoms with Gasteiger partial charge in [0.1, 0.15) is 10.7 Å². The normalized spacial score (nSPS) is 15.4. The largest absolute Gasteiger partial charge is 0.337 e. The summed E-state index contributed by atoms with van der Waals surface area (Å²) in [7, 11) is -3.90. The summed E-state index contributed by atoms with van der Waals surface area (Å²) in [6, 6.07) is 14.3. The van der Waals surface area contributed by atoms with Crippen molar-refractivity contribution in [3.05, 3.63) is 66.1 Å². The molecule has 1 saturated heterocycles. The number of hydrogen-bond donors (Lipinski definition) is 3. The van der Waals surface area contributed by atoms with Gasteiger partial charge >= 0.3 is 6.03 Å². The second kappa shape index (κ2) is 10.5. The van der Waals surface area contributed by atoms with E-state index in [9.17, 15) is 17.6 Å². The number of likely N-dealkylation sites (tertiary alicyclic amines) is 1. The number of aromatic nitrogens is 1. The minimum atomic E-state index is -3.90. The Morgan fingerprint density at radius 3 is 2.59 bits per heavy atom. The molecule has 34 heavy (non-hydrogen) atoms. The number of piperidine rings is 1. The number of para-hydroxylation sites is 1. The smallest absolute Gasteiger partial charge is 0.319 e. The Kier molecular flexibility index (Phi) is 7.40. The zero-order valence-corrected chi connectivity index (χ0v) is 19.7. The molecule has 2 amide bonds. The number of aryl methyl sites for hydroxylation is 1. The zero-order chi connectivity index (χ0) is 24.1. The van der Waals surface area contributed by atoms with Gasteiger partial charge in [-0.1, -0.05) is 30.3 Å². The molecule has 0 aliphatic carbocycles. The molecule has 0 bridgehead atoms. The van der Waals surface area contributed by atoms with Crippen molar-refractivity contribution >= 4 is 32.6 Å². The Balaban J connectivity index is 1.22. The van der Waals surface area contributed by atoms with Crippen LogP contribution in [0.4, 0.5) is 14.9 Å². The van der Waals surface area contributed by atoms with E-state index in [0.717, 1.165) is 22.7 Å². The van der Waals surface area contributed by atoms with Gasteiger partial charge in [0.25, 0.3) is 0 Å². The third kappa shape index (κ3) is 5.88. The number of rotatable bonds is 7. The molecule has 1 aliphatic heterocycles. The van der Waals surface area contributed by atoms with E-state index < -0.39 is 15.8 Å². The number of hydrogen-bond acceptors (Lipinski definition) is 5. The fraction of sp³-hybridized carbons (Fsp3) is 0.333. The van der Waals surface area contributed by atoms with Crippen molar-refractivity contribution in [1.82, 2.24) is 19.9 Å². The number of anilines is 1. The lowest BCUT2D eigenvalue weighted by molar-refractivity contribution is 0.206. The summed E-state index contributed by atoms with van der Waals surface area (Å²) in [4.78, 5) is 18.7. The number of pyridine rings is 1. The molecule has 2 heterocycles. The van der Waals surface area contributed by atoms with Crippen LogP contribution in [0.1, 0.15) is 18.5 Å². The molecule has 3 N–H and O–H groups in total. The number of carbonyl (C=O) groups excluding carboxylic acids is 1. The summed E-state index contributed by atoms with van der Waals surface area (Å²) >= 11 is 0. The molecule has 0 spiro atoms. The van der Waals surface area contributed by atoms with Crippen LogP contribution in [0.25, 0.3) is 10.9 Å².